The van der Waals surface area contributed by atoms with E-state index in [1.807, 2.05) is 19.9 Å². The summed E-state index contributed by atoms with van der Waals surface area (Å²) < 4.78 is 18.9. The van der Waals surface area contributed by atoms with Gasteiger partial charge in [-0.15, -0.1) is 0 Å². The second kappa shape index (κ2) is 2.72. The average molecular weight is 180 g/mol. The molecule has 0 saturated carbocycles. The van der Waals surface area contributed by atoms with Crippen molar-refractivity contribution in [2.75, 3.05) is 0 Å². The van der Waals surface area contributed by atoms with Crippen LogP contribution in [0, 0.1) is 5.82 Å². The number of rotatable bonds is 0. The van der Waals surface area contributed by atoms with E-state index in [-0.39, 0.29) is 11.4 Å². The van der Waals surface area contributed by atoms with Crippen molar-refractivity contribution in [2.45, 2.75) is 32.3 Å². The first-order chi connectivity index (χ1) is 6.08. The molecule has 0 N–H and O–H groups in total. The number of fused-ring (bicyclic) bond motifs is 1. The summed E-state index contributed by atoms with van der Waals surface area (Å²) in [4.78, 5) is 0. The molecule has 0 fully saturated rings. The minimum atomic E-state index is -0.152. The molecule has 0 radical (unpaired) electrons. The van der Waals surface area contributed by atoms with E-state index in [9.17, 15) is 4.39 Å². The van der Waals surface area contributed by atoms with Crippen molar-refractivity contribution in [1.82, 2.24) is 0 Å². The summed E-state index contributed by atoms with van der Waals surface area (Å²) >= 11 is 0. The van der Waals surface area contributed by atoms with E-state index in [0.29, 0.717) is 5.75 Å². The van der Waals surface area contributed by atoms with Crippen LogP contribution in [-0.4, -0.2) is 5.60 Å². The normalized spacial score (nSPS) is 19.0. The monoisotopic (exact) mass is 180 g/mol. The van der Waals surface area contributed by atoms with Crippen LogP contribution in [0.25, 0.3) is 0 Å². The van der Waals surface area contributed by atoms with Crippen LogP contribution in [0.2, 0.25) is 0 Å². The molecule has 0 unspecified atom stereocenters. The molecule has 70 valence electrons. The Balaban J connectivity index is 2.42. The fourth-order valence-electron chi connectivity index (χ4n) is 1.65. The molecule has 0 aliphatic carbocycles. The number of hydrogen-bond acceptors (Lipinski definition) is 1. The van der Waals surface area contributed by atoms with Crippen molar-refractivity contribution in [1.29, 1.82) is 0 Å². The Morgan fingerprint density at radius 1 is 1.38 bits per heavy atom. The molecule has 1 aromatic rings. The van der Waals surface area contributed by atoms with Crippen molar-refractivity contribution >= 4 is 0 Å². The molecule has 0 atom stereocenters. The molecule has 0 bridgehead atoms. The predicted molar refractivity (Wildman–Crippen MR) is 49.4 cm³/mol. The summed E-state index contributed by atoms with van der Waals surface area (Å²) in [5.74, 6) is 0.559. The van der Waals surface area contributed by atoms with Gasteiger partial charge in [-0.25, -0.2) is 4.39 Å². The second-order valence-corrected chi connectivity index (χ2v) is 4.08. The smallest absolute Gasteiger partial charge is 0.130 e. The highest BCUT2D eigenvalue weighted by atomic mass is 19.1. The van der Waals surface area contributed by atoms with E-state index < -0.39 is 0 Å². The molecule has 0 saturated heterocycles. The van der Waals surface area contributed by atoms with E-state index in [1.165, 1.54) is 6.07 Å². The van der Waals surface area contributed by atoms with Gasteiger partial charge in [0.2, 0.25) is 0 Å². The summed E-state index contributed by atoms with van der Waals surface area (Å²) in [5.41, 5.74) is 0.572. The van der Waals surface area contributed by atoms with Crippen LogP contribution in [0.5, 0.6) is 5.75 Å². The maximum atomic E-state index is 13.2. The molecule has 0 amide bonds. The Kier molecular flexibility index (Phi) is 1.79. The summed E-state index contributed by atoms with van der Waals surface area (Å²) in [5, 5.41) is 0. The Labute approximate surface area is 77.5 Å². The zero-order valence-electron chi connectivity index (χ0n) is 7.93. The molecule has 2 rings (SSSR count). The molecule has 13 heavy (non-hydrogen) atoms. The lowest BCUT2D eigenvalue weighted by molar-refractivity contribution is 0.0833. The van der Waals surface area contributed by atoms with Crippen LogP contribution in [0.3, 0.4) is 0 Å². The van der Waals surface area contributed by atoms with Gasteiger partial charge in [-0.3, -0.25) is 0 Å². The molecule has 1 aliphatic rings. The van der Waals surface area contributed by atoms with Crippen molar-refractivity contribution in [3.05, 3.63) is 29.6 Å². The molecular weight excluding hydrogens is 167 g/mol. The standard InChI is InChI=1S/C11H13FO/c1-11(2)7-6-8-9(12)4-3-5-10(8)13-11/h3-5H,6-7H2,1-2H3. The van der Waals surface area contributed by atoms with E-state index in [0.717, 1.165) is 18.4 Å². The molecule has 0 aromatic heterocycles. The highest BCUT2D eigenvalue weighted by molar-refractivity contribution is 5.37. The van der Waals surface area contributed by atoms with Gasteiger partial charge < -0.3 is 4.74 Å². The predicted octanol–water partition coefficient (Wildman–Crippen LogP) is 2.93. The van der Waals surface area contributed by atoms with Gasteiger partial charge in [-0.1, -0.05) is 6.07 Å². The third kappa shape index (κ3) is 1.53. The Morgan fingerprint density at radius 3 is 2.92 bits per heavy atom. The van der Waals surface area contributed by atoms with Gasteiger partial charge in [0.25, 0.3) is 0 Å². The van der Waals surface area contributed by atoms with Crippen LogP contribution in [-0.2, 0) is 6.42 Å². The molecule has 1 aromatic carbocycles. The van der Waals surface area contributed by atoms with Gasteiger partial charge in [0.15, 0.2) is 0 Å². The summed E-state index contributed by atoms with van der Waals surface area (Å²) in [7, 11) is 0. The van der Waals surface area contributed by atoms with Crippen molar-refractivity contribution in [3.8, 4) is 5.75 Å². The molecule has 1 nitrogen and oxygen atoms in total. The minimum absolute atomic E-state index is 0.145. The maximum Gasteiger partial charge on any atom is 0.130 e. The number of halogens is 1. The van der Waals surface area contributed by atoms with Gasteiger partial charge in [0, 0.05) is 5.56 Å². The lowest BCUT2D eigenvalue weighted by Gasteiger charge is -2.32. The maximum absolute atomic E-state index is 13.2. The van der Waals surface area contributed by atoms with E-state index in [4.69, 9.17) is 4.74 Å². The fourth-order valence-corrected chi connectivity index (χ4v) is 1.65. The van der Waals surface area contributed by atoms with E-state index >= 15 is 0 Å². The zero-order chi connectivity index (χ0) is 9.47. The van der Waals surface area contributed by atoms with E-state index in [2.05, 4.69) is 0 Å². The van der Waals surface area contributed by atoms with Gasteiger partial charge in [-0.05, 0) is 38.8 Å². The first-order valence-electron chi connectivity index (χ1n) is 4.55. The first-order valence-corrected chi connectivity index (χ1v) is 4.55. The molecule has 1 aliphatic heterocycles. The van der Waals surface area contributed by atoms with Crippen molar-refractivity contribution in [2.24, 2.45) is 0 Å². The summed E-state index contributed by atoms with van der Waals surface area (Å²) in [6, 6.07) is 5.01. The Hall–Kier alpha value is -1.05. The topological polar surface area (TPSA) is 9.23 Å². The quantitative estimate of drug-likeness (QED) is 0.596. The second-order valence-electron chi connectivity index (χ2n) is 4.08. The van der Waals surface area contributed by atoms with Crippen molar-refractivity contribution in [3.63, 3.8) is 0 Å². The third-order valence-corrected chi connectivity index (χ3v) is 2.44. The lowest BCUT2D eigenvalue weighted by Crippen LogP contribution is -2.32. The number of hydrogen-bond donors (Lipinski definition) is 0. The van der Waals surface area contributed by atoms with Crippen LogP contribution < -0.4 is 4.74 Å². The van der Waals surface area contributed by atoms with Crippen LogP contribution in [0.15, 0.2) is 18.2 Å². The van der Waals surface area contributed by atoms with Gasteiger partial charge in [0.1, 0.15) is 17.2 Å². The molecule has 1 heterocycles. The lowest BCUT2D eigenvalue weighted by atomic mass is 9.94. The van der Waals surface area contributed by atoms with Gasteiger partial charge in [-0.2, -0.15) is 0 Å². The Morgan fingerprint density at radius 2 is 2.15 bits per heavy atom. The number of benzene rings is 1. The van der Waals surface area contributed by atoms with E-state index in [1.54, 1.807) is 6.07 Å². The summed E-state index contributed by atoms with van der Waals surface area (Å²) in [6.07, 6.45) is 1.65. The van der Waals surface area contributed by atoms with Crippen LogP contribution in [0.4, 0.5) is 4.39 Å². The SMILES string of the molecule is CC1(C)CCc2c(F)cccc2O1. The zero-order valence-corrected chi connectivity index (χ0v) is 7.93. The molecule has 0 spiro atoms. The Bertz CT molecular complexity index is 331. The van der Waals surface area contributed by atoms with Crippen LogP contribution >= 0.6 is 0 Å². The van der Waals surface area contributed by atoms with Gasteiger partial charge >= 0.3 is 0 Å². The third-order valence-electron chi connectivity index (χ3n) is 2.44. The number of ether oxygens (including phenoxy) is 1. The molecular formula is C11H13FO. The highest BCUT2D eigenvalue weighted by Crippen LogP contribution is 2.33. The average Bonchev–Trinajstić information content (AvgIpc) is 2.02. The fraction of sp³-hybridized carbons (Fsp3) is 0.455. The minimum Gasteiger partial charge on any atom is -0.487 e. The van der Waals surface area contributed by atoms with Crippen molar-refractivity contribution < 1.29 is 9.13 Å². The molecule has 2 heteroatoms. The first kappa shape index (κ1) is 8.54. The van der Waals surface area contributed by atoms with Gasteiger partial charge in [0.05, 0.1) is 0 Å². The summed E-state index contributed by atoms with van der Waals surface area (Å²) in [6.45, 7) is 4.06. The largest absolute Gasteiger partial charge is 0.487 e. The highest BCUT2D eigenvalue weighted by Gasteiger charge is 2.27. The van der Waals surface area contributed by atoms with Crippen LogP contribution in [0.1, 0.15) is 25.8 Å².